The van der Waals surface area contributed by atoms with Gasteiger partial charge < -0.3 is 10.2 Å². The Hall–Kier alpha value is -1.67. The van der Waals surface area contributed by atoms with Crippen LogP contribution >= 0.6 is 46.4 Å². The fourth-order valence-electron chi connectivity index (χ4n) is 3.20. The lowest BCUT2D eigenvalue weighted by molar-refractivity contribution is 0.431. The lowest BCUT2D eigenvalue weighted by atomic mass is 9.83. The van der Waals surface area contributed by atoms with E-state index in [1.807, 2.05) is 0 Å². The maximum absolute atomic E-state index is 13.0. The van der Waals surface area contributed by atoms with Crippen LogP contribution in [-0.4, -0.2) is 23.2 Å². The monoisotopic (exact) mass is 492 g/mol. The summed E-state index contributed by atoms with van der Waals surface area (Å²) in [6.45, 7) is 0. The van der Waals surface area contributed by atoms with Crippen LogP contribution in [0.4, 0.5) is 0 Å². The van der Waals surface area contributed by atoms with E-state index in [1.54, 1.807) is 0 Å². The number of phenols is 2. The van der Waals surface area contributed by atoms with Crippen LogP contribution < -0.4 is 0 Å². The Kier molecular flexibility index (Phi) is 5.98. The third-order valence-electron chi connectivity index (χ3n) is 4.39. The molecule has 152 valence electrons. The molecule has 0 fully saturated rings. The zero-order valence-corrected chi connectivity index (χ0v) is 18.1. The summed E-state index contributed by atoms with van der Waals surface area (Å²) in [5, 5.41) is 20.1. The van der Waals surface area contributed by atoms with Gasteiger partial charge in [0.25, 0.3) is 10.1 Å². The van der Waals surface area contributed by atoms with E-state index in [9.17, 15) is 23.2 Å². The van der Waals surface area contributed by atoms with Crippen LogP contribution in [0, 0.1) is 0 Å². The molecule has 5 nitrogen and oxygen atoms in total. The molecule has 0 amide bonds. The standard InChI is InChI=1S/C19H12Cl4O5S/c20-11-4-1-3-10(7-11)19(29(26,27)28,12-5-2-6-14(21)18(12)23)13-8-15(22)17(25)9-16(13)24/h1-9,24-25H,(H,26,27,28). The smallest absolute Gasteiger partial charge is 0.283 e. The molecular formula is C19H12Cl4O5S. The van der Waals surface area contributed by atoms with Crippen LogP contribution in [0.3, 0.4) is 0 Å². The summed E-state index contributed by atoms with van der Waals surface area (Å²) in [6, 6.07) is 11.8. The van der Waals surface area contributed by atoms with Crippen LogP contribution in [0.5, 0.6) is 11.5 Å². The molecular weight excluding hydrogens is 482 g/mol. The maximum atomic E-state index is 13.0. The van der Waals surface area contributed by atoms with Crippen LogP contribution in [0.1, 0.15) is 16.7 Å². The summed E-state index contributed by atoms with van der Waals surface area (Å²) >= 11 is 24.5. The minimum atomic E-state index is -5.10. The van der Waals surface area contributed by atoms with Crippen molar-refractivity contribution in [1.82, 2.24) is 0 Å². The van der Waals surface area contributed by atoms with Gasteiger partial charge in [0.1, 0.15) is 11.5 Å². The Morgan fingerprint density at radius 2 is 1.41 bits per heavy atom. The Morgan fingerprint density at radius 1 is 0.759 bits per heavy atom. The van der Waals surface area contributed by atoms with Gasteiger partial charge in [-0.2, -0.15) is 8.42 Å². The van der Waals surface area contributed by atoms with Gasteiger partial charge in [0.05, 0.1) is 15.1 Å². The zero-order chi connectivity index (χ0) is 21.6. The van der Waals surface area contributed by atoms with Crippen molar-refractivity contribution >= 4 is 56.5 Å². The quantitative estimate of drug-likeness (QED) is 0.311. The van der Waals surface area contributed by atoms with Gasteiger partial charge in [-0.05, 0) is 29.8 Å². The van der Waals surface area contributed by atoms with Crippen molar-refractivity contribution in [3.63, 3.8) is 0 Å². The molecule has 0 aliphatic carbocycles. The molecule has 3 N–H and O–H groups in total. The number of benzene rings is 3. The van der Waals surface area contributed by atoms with Gasteiger partial charge in [0.2, 0.25) is 0 Å². The minimum absolute atomic E-state index is 0.0172. The van der Waals surface area contributed by atoms with E-state index < -0.39 is 26.4 Å². The van der Waals surface area contributed by atoms with Gasteiger partial charge in [-0.3, -0.25) is 4.55 Å². The Balaban J connectivity index is 2.63. The van der Waals surface area contributed by atoms with E-state index in [-0.39, 0.29) is 36.8 Å². The van der Waals surface area contributed by atoms with E-state index in [2.05, 4.69) is 0 Å². The van der Waals surface area contributed by atoms with Gasteiger partial charge >= 0.3 is 0 Å². The predicted molar refractivity (Wildman–Crippen MR) is 114 cm³/mol. The second kappa shape index (κ2) is 7.87. The molecule has 1 atom stereocenters. The molecule has 0 radical (unpaired) electrons. The van der Waals surface area contributed by atoms with Crippen molar-refractivity contribution in [2.75, 3.05) is 0 Å². The lowest BCUT2D eigenvalue weighted by Crippen LogP contribution is -2.38. The maximum Gasteiger partial charge on any atom is 0.283 e. The van der Waals surface area contributed by atoms with E-state index in [1.165, 1.54) is 42.5 Å². The van der Waals surface area contributed by atoms with Crippen molar-refractivity contribution < 1.29 is 23.2 Å². The van der Waals surface area contributed by atoms with Crippen LogP contribution in [-0.2, 0) is 14.9 Å². The highest BCUT2D eigenvalue weighted by Crippen LogP contribution is 2.51. The SMILES string of the molecule is O=S(=O)(O)C(c1cccc(Cl)c1)(c1cc(Cl)c(O)cc1O)c1cccc(Cl)c1Cl. The van der Waals surface area contributed by atoms with Crippen molar-refractivity contribution in [2.24, 2.45) is 0 Å². The molecule has 3 aromatic rings. The molecule has 3 rings (SSSR count). The largest absolute Gasteiger partial charge is 0.507 e. The average molecular weight is 494 g/mol. The van der Waals surface area contributed by atoms with Gasteiger partial charge in [-0.1, -0.05) is 70.7 Å². The van der Waals surface area contributed by atoms with E-state index in [0.717, 1.165) is 12.1 Å². The Labute approximate surface area is 186 Å². The summed E-state index contributed by atoms with van der Waals surface area (Å²) in [4.78, 5) is 0. The highest BCUT2D eigenvalue weighted by Gasteiger charge is 2.51. The number of aromatic hydroxyl groups is 2. The van der Waals surface area contributed by atoms with Crippen LogP contribution in [0.15, 0.2) is 54.6 Å². The number of phenolic OH excluding ortho intramolecular Hbond substituents is 2. The molecule has 10 heteroatoms. The van der Waals surface area contributed by atoms with E-state index >= 15 is 0 Å². The van der Waals surface area contributed by atoms with Gasteiger partial charge in [0.15, 0.2) is 4.75 Å². The molecule has 0 saturated carbocycles. The summed E-state index contributed by atoms with van der Waals surface area (Å²) in [7, 11) is -5.10. The van der Waals surface area contributed by atoms with Gasteiger partial charge in [0, 0.05) is 22.2 Å². The summed E-state index contributed by atoms with van der Waals surface area (Å²) in [5.74, 6) is -1.14. The van der Waals surface area contributed by atoms with Crippen molar-refractivity contribution in [3.05, 3.63) is 91.4 Å². The van der Waals surface area contributed by atoms with Crippen LogP contribution in [0.25, 0.3) is 0 Å². The summed E-state index contributed by atoms with van der Waals surface area (Å²) in [6.07, 6.45) is 0. The third-order valence-corrected chi connectivity index (χ3v) is 7.20. The average Bonchev–Trinajstić information content (AvgIpc) is 2.62. The molecule has 0 aliphatic rings. The number of halogens is 4. The topological polar surface area (TPSA) is 94.8 Å². The zero-order valence-electron chi connectivity index (χ0n) is 14.3. The van der Waals surface area contributed by atoms with Gasteiger partial charge in [-0.25, -0.2) is 0 Å². The second-order valence-electron chi connectivity index (χ2n) is 6.09. The molecule has 3 aromatic carbocycles. The molecule has 29 heavy (non-hydrogen) atoms. The first-order valence-electron chi connectivity index (χ1n) is 7.89. The van der Waals surface area contributed by atoms with Crippen molar-refractivity contribution in [1.29, 1.82) is 0 Å². The fraction of sp³-hybridized carbons (Fsp3) is 0.0526. The van der Waals surface area contributed by atoms with Crippen molar-refractivity contribution in [3.8, 4) is 11.5 Å². The Morgan fingerprint density at radius 3 is 2.03 bits per heavy atom. The molecule has 1 unspecified atom stereocenters. The normalized spacial score (nSPS) is 13.8. The first kappa shape index (κ1) is 22.0. The fourth-order valence-corrected chi connectivity index (χ4v) is 5.37. The van der Waals surface area contributed by atoms with E-state index in [4.69, 9.17) is 46.4 Å². The highest BCUT2D eigenvalue weighted by atomic mass is 35.5. The minimum Gasteiger partial charge on any atom is -0.507 e. The summed E-state index contributed by atoms with van der Waals surface area (Å²) in [5.41, 5.74) is -0.531. The molecule has 0 aliphatic heterocycles. The van der Waals surface area contributed by atoms with Crippen molar-refractivity contribution in [2.45, 2.75) is 4.75 Å². The third kappa shape index (κ3) is 3.65. The van der Waals surface area contributed by atoms with Crippen LogP contribution in [0.2, 0.25) is 20.1 Å². The number of hydrogen-bond donors (Lipinski definition) is 3. The molecule has 0 bridgehead atoms. The first-order valence-corrected chi connectivity index (χ1v) is 10.8. The van der Waals surface area contributed by atoms with E-state index in [0.29, 0.717) is 0 Å². The predicted octanol–water partition coefficient (Wildman–Crippen LogP) is 5.89. The highest BCUT2D eigenvalue weighted by molar-refractivity contribution is 7.87. The molecule has 0 spiro atoms. The molecule has 0 heterocycles. The second-order valence-corrected chi connectivity index (χ2v) is 9.28. The molecule has 0 aromatic heterocycles. The number of hydrogen-bond acceptors (Lipinski definition) is 4. The van der Waals surface area contributed by atoms with Gasteiger partial charge in [-0.15, -0.1) is 0 Å². The summed E-state index contributed by atoms with van der Waals surface area (Å²) < 4.78 is 34.0. The first-order chi connectivity index (χ1) is 13.5. The lowest BCUT2D eigenvalue weighted by Gasteiger charge is -2.34. The molecule has 0 saturated heterocycles. The Bertz CT molecular complexity index is 1210. The number of rotatable bonds is 4.